The SMILES string of the molecule is COCCNCCNC(=O)c1cc(O)cc(O)c1. The van der Waals surface area contributed by atoms with Gasteiger partial charge in [0, 0.05) is 38.4 Å². The highest BCUT2D eigenvalue weighted by atomic mass is 16.5. The number of hydrogen-bond donors (Lipinski definition) is 4. The molecule has 0 atom stereocenters. The predicted octanol–water partition coefficient (Wildman–Crippen LogP) is 0.0636. The molecule has 0 aliphatic heterocycles. The van der Waals surface area contributed by atoms with Gasteiger partial charge < -0.3 is 25.6 Å². The standard InChI is InChI=1S/C12H18N2O4/c1-18-5-4-13-2-3-14-12(17)9-6-10(15)8-11(16)7-9/h6-8,13,15-16H,2-5H2,1H3,(H,14,17). The van der Waals surface area contributed by atoms with E-state index in [0.717, 1.165) is 6.54 Å². The van der Waals surface area contributed by atoms with Gasteiger partial charge in [0.2, 0.25) is 0 Å². The average Bonchev–Trinajstić information content (AvgIpc) is 2.32. The van der Waals surface area contributed by atoms with Crippen LogP contribution in [0.25, 0.3) is 0 Å². The molecular weight excluding hydrogens is 236 g/mol. The van der Waals surface area contributed by atoms with Gasteiger partial charge in [0.1, 0.15) is 11.5 Å². The van der Waals surface area contributed by atoms with Gasteiger partial charge in [0.15, 0.2) is 0 Å². The molecule has 1 amide bonds. The average molecular weight is 254 g/mol. The smallest absolute Gasteiger partial charge is 0.251 e. The third kappa shape index (κ3) is 5.03. The Morgan fingerprint density at radius 1 is 1.17 bits per heavy atom. The second-order valence-corrected chi connectivity index (χ2v) is 3.74. The summed E-state index contributed by atoms with van der Waals surface area (Å²) in [7, 11) is 1.62. The third-order valence-corrected chi connectivity index (χ3v) is 2.24. The molecule has 0 spiro atoms. The van der Waals surface area contributed by atoms with Crippen molar-refractivity contribution in [3.63, 3.8) is 0 Å². The van der Waals surface area contributed by atoms with Crippen LogP contribution in [-0.4, -0.2) is 49.5 Å². The second kappa shape index (κ2) is 7.52. The molecule has 0 fully saturated rings. The summed E-state index contributed by atoms with van der Waals surface area (Å²) in [6, 6.07) is 3.77. The maximum absolute atomic E-state index is 11.7. The van der Waals surface area contributed by atoms with Gasteiger partial charge in [-0.3, -0.25) is 4.79 Å². The van der Waals surface area contributed by atoms with Gasteiger partial charge in [-0.1, -0.05) is 0 Å². The number of ether oxygens (including phenoxy) is 1. The van der Waals surface area contributed by atoms with Gasteiger partial charge >= 0.3 is 0 Å². The highest BCUT2D eigenvalue weighted by molar-refractivity contribution is 5.95. The molecule has 18 heavy (non-hydrogen) atoms. The van der Waals surface area contributed by atoms with Crippen LogP contribution in [0.4, 0.5) is 0 Å². The third-order valence-electron chi connectivity index (χ3n) is 2.24. The Hall–Kier alpha value is -1.79. The van der Waals surface area contributed by atoms with Crippen LogP contribution in [0.2, 0.25) is 0 Å². The first-order valence-corrected chi connectivity index (χ1v) is 5.64. The fourth-order valence-corrected chi connectivity index (χ4v) is 1.39. The Morgan fingerprint density at radius 3 is 2.44 bits per heavy atom. The number of carbonyl (C=O) groups is 1. The number of amides is 1. The van der Waals surface area contributed by atoms with Crippen molar-refractivity contribution >= 4 is 5.91 Å². The minimum Gasteiger partial charge on any atom is -0.508 e. The zero-order valence-electron chi connectivity index (χ0n) is 10.3. The summed E-state index contributed by atoms with van der Waals surface area (Å²) in [6.45, 7) is 2.42. The summed E-state index contributed by atoms with van der Waals surface area (Å²) in [5.41, 5.74) is 0.226. The van der Waals surface area contributed by atoms with Crippen molar-refractivity contribution in [2.24, 2.45) is 0 Å². The van der Waals surface area contributed by atoms with Crippen molar-refractivity contribution in [1.82, 2.24) is 10.6 Å². The van der Waals surface area contributed by atoms with Crippen LogP contribution >= 0.6 is 0 Å². The van der Waals surface area contributed by atoms with Gasteiger partial charge in [-0.05, 0) is 12.1 Å². The van der Waals surface area contributed by atoms with Crippen LogP contribution in [0.5, 0.6) is 11.5 Å². The molecule has 0 aliphatic rings. The number of nitrogens with one attached hydrogen (secondary N) is 2. The minimum absolute atomic E-state index is 0.140. The summed E-state index contributed by atoms with van der Waals surface area (Å²) >= 11 is 0. The predicted molar refractivity (Wildman–Crippen MR) is 66.9 cm³/mol. The van der Waals surface area contributed by atoms with Crippen molar-refractivity contribution in [2.45, 2.75) is 0 Å². The van der Waals surface area contributed by atoms with E-state index in [0.29, 0.717) is 19.7 Å². The topological polar surface area (TPSA) is 90.8 Å². The normalized spacial score (nSPS) is 10.3. The van der Waals surface area contributed by atoms with E-state index in [1.165, 1.54) is 18.2 Å². The van der Waals surface area contributed by atoms with Crippen molar-refractivity contribution in [1.29, 1.82) is 0 Å². The molecule has 4 N–H and O–H groups in total. The summed E-state index contributed by atoms with van der Waals surface area (Å²) < 4.78 is 4.86. The molecule has 0 aromatic heterocycles. The second-order valence-electron chi connectivity index (χ2n) is 3.74. The Bertz CT molecular complexity index is 375. The van der Waals surface area contributed by atoms with Gasteiger partial charge in [0.05, 0.1) is 6.61 Å². The number of aromatic hydroxyl groups is 2. The Morgan fingerprint density at radius 2 is 1.83 bits per heavy atom. The molecule has 0 bridgehead atoms. The van der Waals surface area contributed by atoms with E-state index in [4.69, 9.17) is 4.74 Å². The number of rotatable bonds is 7. The lowest BCUT2D eigenvalue weighted by Crippen LogP contribution is -2.33. The molecule has 0 aliphatic carbocycles. The van der Waals surface area contributed by atoms with Crippen LogP contribution in [-0.2, 0) is 4.74 Å². The quantitative estimate of drug-likeness (QED) is 0.517. The fraction of sp³-hybridized carbons (Fsp3) is 0.417. The highest BCUT2D eigenvalue weighted by Crippen LogP contribution is 2.19. The first-order valence-electron chi connectivity index (χ1n) is 5.64. The van der Waals surface area contributed by atoms with Crippen molar-refractivity contribution in [3.05, 3.63) is 23.8 Å². The highest BCUT2D eigenvalue weighted by Gasteiger charge is 2.07. The largest absolute Gasteiger partial charge is 0.508 e. The van der Waals surface area contributed by atoms with E-state index in [2.05, 4.69) is 10.6 Å². The van der Waals surface area contributed by atoms with Crippen LogP contribution in [0.3, 0.4) is 0 Å². The Balaban J connectivity index is 2.32. The zero-order valence-corrected chi connectivity index (χ0v) is 10.3. The van der Waals surface area contributed by atoms with E-state index in [-0.39, 0.29) is 23.0 Å². The van der Waals surface area contributed by atoms with Gasteiger partial charge in [-0.15, -0.1) is 0 Å². The van der Waals surface area contributed by atoms with Crippen LogP contribution < -0.4 is 10.6 Å². The maximum Gasteiger partial charge on any atom is 0.251 e. The molecular formula is C12H18N2O4. The van der Waals surface area contributed by atoms with E-state index < -0.39 is 0 Å². The molecule has 1 aromatic carbocycles. The molecule has 6 heteroatoms. The summed E-state index contributed by atoms with van der Waals surface area (Å²) in [4.78, 5) is 11.7. The molecule has 100 valence electrons. The molecule has 6 nitrogen and oxygen atoms in total. The van der Waals surface area contributed by atoms with Crippen LogP contribution in [0.15, 0.2) is 18.2 Å². The number of hydrogen-bond acceptors (Lipinski definition) is 5. The number of carbonyl (C=O) groups excluding carboxylic acids is 1. The van der Waals surface area contributed by atoms with Crippen molar-refractivity contribution in [3.8, 4) is 11.5 Å². The molecule has 1 aromatic rings. The van der Waals surface area contributed by atoms with Gasteiger partial charge in [-0.2, -0.15) is 0 Å². The summed E-state index contributed by atoms with van der Waals surface area (Å²) in [5, 5.41) is 24.2. The molecule has 0 unspecified atom stereocenters. The lowest BCUT2D eigenvalue weighted by Gasteiger charge is -2.07. The van der Waals surface area contributed by atoms with E-state index in [1.807, 2.05) is 0 Å². The molecule has 0 heterocycles. The molecule has 0 saturated carbocycles. The Kier molecular flexibility index (Phi) is 5.96. The summed E-state index contributed by atoms with van der Waals surface area (Å²) in [5.74, 6) is -0.619. The first-order chi connectivity index (χ1) is 8.63. The molecule has 0 saturated heterocycles. The number of benzene rings is 1. The van der Waals surface area contributed by atoms with Gasteiger partial charge in [0.25, 0.3) is 5.91 Å². The van der Waals surface area contributed by atoms with E-state index >= 15 is 0 Å². The van der Waals surface area contributed by atoms with E-state index in [9.17, 15) is 15.0 Å². The number of phenols is 2. The number of methoxy groups -OCH3 is 1. The first kappa shape index (κ1) is 14.3. The number of phenolic OH excluding ortho intramolecular Hbond substituents is 2. The van der Waals surface area contributed by atoms with Crippen molar-refractivity contribution in [2.75, 3.05) is 33.4 Å². The fourth-order valence-electron chi connectivity index (χ4n) is 1.39. The Labute approximate surface area is 106 Å². The van der Waals surface area contributed by atoms with Crippen LogP contribution in [0.1, 0.15) is 10.4 Å². The van der Waals surface area contributed by atoms with Crippen LogP contribution in [0, 0.1) is 0 Å². The van der Waals surface area contributed by atoms with E-state index in [1.54, 1.807) is 7.11 Å². The molecule has 1 rings (SSSR count). The zero-order chi connectivity index (χ0) is 13.4. The molecule has 0 radical (unpaired) electrons. The van der Waals surface area contributed by atoms with Crippen molar-refractivity contribution < 1.29 is 19.7 Å². The van der Waals surface area contributed by atoms with Gasteiger partial charge in [-0.25, -0.2) is 0 Å². The lowest BCUT2D eigenvalue weighted by molar-refractivity contribution is 0.0953. The monoisotopic (exact) mass is 254 g/mol. The lowest BCUT2D eigenvalue weighted by atomic mass is 10.2. The minimum atomic E-state index is -0.338. The maximum atomic E-state index is 11.7. The summed E-state index contributed by atoms with van der Waals surface area (Å²) in [6.07, 6.45) is 0.